The number of carbonyl (C=O) groups excluding carboxylic acids is 1. The van der Waals surface area contributed by atoms with Gasteiger partial charge in [0.05, 0.1) is 17.6 Å². The first-order valence-corrected chi connectivity index (χ1v) is 7.74. The van der Waals surface area contributed by atoms with Gasteiger partial charge in [-0.2, -0.15) is 0 Å². The lowest BCUT2D eigenvalue weighted by atomic mass is 10.1. The van der Waals surface area contributed by atoms with Gasteiger partial charge in [0.15, 0.2) is 0 Å². The zero-order valence-corrected chi connectivity index (χ0v) is 13.0. The minimum Gasteiger partial charge on any atom is -0.399 e. The summed E-state index contributed by atoms with van der Waals surface area (Å²) in [5, 5.41) is 4.19. The number of hydrogen-bond acceptors (Lipinski definition) is 4. The van der Waals surface area contributed by atoms with Crippen LogP contribution in [0.2, 0.25) is 0 Å². The Balaban J connectivity index is 1.68. The van der Waals surface area contributed by atoms with Gasteiger partial charge in [-0.1, -0.05) is 0 Å². The van der Waals surface area contributed by atoms with E-state index in [1.165, 1.54) is 0 Å². The summed E-state index contributed by atoms with van der Waals surface area (Å²) in [6.45, 7) is 0.302. The summed E-state index contributed by atoms with van der Waals surface area (Å²) in [6.07, 6.45) is 3.53. The number of nitrogens with two attached hydrogens (primary N) is 1. The molecule has 0 unspecified atom stereocenters. The predicted octanol–water partition coefficient (Wildman–Crippen LogP) is 2.83. The van der Waals surface area contributed by atoms with Gasteiger partial charge < -0.3 is 25.8 Å². The summed E-state index contributed by atoms with van der Waals surface area (Å²) < 4.78 is 0. The second-order valence-electron chi connectivity index (χ2n) is 5.76. The van der Waals surface area contributed by atoms with E-state index in [-0.39, 0.29) is 0 Å². The van der Waals surface area contributed by atoms with Gasteiger partial charge in [0.1, 0.15) is 12.1 Å². The molecule has 120 valence electrons. The van der Waals surface area contributed by atoms with Crippen molar-refractivity contribution in [3.8, 4) is 0 Å². The molecule has 2 aromatic carbocycles. The van der Waals surface area contributed by atoms with Gasteiger partial charge in [-0.15, -0.1) is 0 Å². The van der Waals surface area contributed by atoms with Crippen LogP contribution in [0.5, 0.6) is 0 Å². The fourth-order valence-corrected chi connectivity index (χ4v) is 2.93. The van der Waals surface area contributed by atoms with E-state index < -0.39 is 0 Å². The number of aldehydes is 1. The van der Waals surface area contributed by atoms with Crippen LogP contribution in [0.4, 0.5) is 11.4 Å². The van der Waals surface area contributed by atoms with Crippen LogP contribution < -0.4 is 11.1 Å². The number of aromatic amines is 2. The van der Waals surface area contributed by atoms with Gasteiger partial charge >= 0.3 is 0 Å². The molecule has 0 bridgehead atoms. The Morgan fingerprint density at radius 2 is 2.04 bits per heavy atom. The van der Waals surface area contributed by atoms with E-state index in [0.29, 0.717) is 18.7 Å². The minimum atomic E-state index is 0.302. The number of fused-ring (bicyclic) bond motifs is 2. The molecule has 0 saturated carbocycles. The van der Waals surface area contributed by atoms with Gasteiger partial charge in [0.25, 0.3) is 0 Å². The predicted molar refractivity (Wildman–Crippen MR) is 96.2 cm³/mol. The van der Waals surface area contributed by atoms with Gasteiger partial charge in [0, 0.05) is 34.9 Å². The Kier molecular flexibility index (Phi) is 3.42. The molecular formula is C18H17N5O. The first kappa shape index (κ1) is 14.3. The molecule has 0 spiro atoms. The van der Waals surface area contributed by atoms with Crippen molar-refractivity contribution in [1.29, 1.82) is 0 Å². The SMILES string of the molecule is Nc1ccc2[nH]c(Cc3c[nH]c4ccc(NCC=O)cc34)nc2c1. The molecule has 2 aromatic heterocycles. The Labute approximate surface area is 138 Å². The van der Waals surface area contributed by atoms with E-state index in [9.17, 15) is 4.79 Å². The second kappa shape index (κ2) is 5.73. The van der Waals surface area contributed by atoms with Crippen molar-refractivity contribution in [2.75, 3.05) is 17.6 Å². The number of aromatic nitrogens is 3. The van der Waals surface area contributed by atoms with Crippen molar-refractivity contribution >= 4 is 39.6 Å². The molecule has 0 amide bonds. The van der Waals surface area contributed by atoms with Crippen LogP contribution in [0.3, 0.4) is 0 Å². The number of hydrogen-bond donors (Lipinski definition) is 4. The van der Waals surface area contributed by atoms with Crippen LogP contribution in [-0.2, 0) is 11.2 Å². The van der Waals surface area contributed by atoms with Gasteiger partial charge in [-0.25, -0.2) is 4.98 Å². The lowest BCUT2D eigenvalue weighted by Crippen LogP contribution is -2.01. The van der Waals surface area contributed by atoms with E-state index >= 15 is 0 Å². The monoisotopic (exact) mass is 319 g/mol. The number of imidazole rings is 1. The zero-order chi connectivity index (χ0) is 16.5. The molecule has 6 nitrogen and oxygen atoms in total. The van der Waals surface area contributed by atoms with E-state index in [0.717, 1.165) is 45.3 Å². The molecule has 4 rings (SSSR count). The molecule has 0 aliphatic rings. The number of nitrogens with one attached hydrogen (secondary N) is 3. The van der Waals surface area contributed by atoms with Crippen LogP contribution in [-0.4, -0.2) is 27.8 Å². The fourth-order valence-electron chi connectivity index (χ4n) is 2.93. The van der Waals surface area contributed by atoms with Crippen LogP contribution >= 0.6 is 0 Å². The maximum absolute atomic E-state index is 10.5. The number of H-pyrrole nitrogens is 2. The van der Waals surface area contributed by atoms with Crippen molar-refractivity contribution in [2.24, 2.45) is 0 Å². The number of rotatable bonds is 5. The summed E-state index contributed by atoms with van der Waals surface area (Å²) in [6, 6.07) is 11.7. The van der Waals surface area contributed by atoms with E-state index in [2.05, 4.69) is 20.3 Å². The van der Waals surface area contributed by atoms with Crippen molar-refractivity contribution in [2.45, 2.75) is 6.42 Å². The number of anilines is 2. The lowest BCUT2D eigenvalue weighted by Gasteiger charge is -2.03. The average molecular weight is 319 g/mol. The lowest BCUT2D eigenvalue weighted by molar-refractivity contribution is -0.106. The topological polar surface area (TPSA) is 99.6 Å². The van der Waals surface area contributed by atoms with E-state index in [4.69, 9.17) is 5.73 Å². The minimum absolute atomic E-state index is 0.302. The third-order valence-electron chi connectivity index (χ3n) is 4.07. The van der Waals surface area contributed by atoms with Gasteiger partial charge in [0.2, 0.25) is 0 Å². The molecule has 24 heavy (non-hydrogen) atoms. The third kappa shape index (κ3) is 2.58. The molecule has 6 heteroatoms. The van der Waals surface area contributed by atoms with Gasteiger partial charge in [-0.3, -0.25) is 0 Å². The van der Waals surface area contributed by atoms with Crippen LogP contribution in [0.15, 0.2) is 42.6 Å². The molecular weight excluding hydrogens is 302 g/mol. The molecule has 5 N–H and O–H groups in total. The third-order valence-corrected chi connectivity index (χ3v) is 4.07. The number of nitrogen functional groups attached to an aromatic ring is 1. The Bertz CT molecular complexity index is 1030. The highest BCUT2D eigenvalue weighted by molar-refractivity contribution is 5.87. The highest BCUT2D eigenvalue weighted by Gasteiger charge is 2.09. The number of benzene rings is 2. The molecule has 0 fully saturated rings. The summed E-state index contributed by atoms with van der Waals surface area (Å²) >= 11 is 0. The number of carbonyl (C=O) groups is 1. The maximum Gasteiger partial charge on any atom is 0.139 e. The smallest absolute Gasteiger partial charge is 0.139 e. The molecule has 0 aliphatic carbocycles. The molecule has 0 atom stereocenters. The fraction of sp³-hybridized carbons (Fsp3) is 0.111. The van der Waals surface area contributed by atoms with Crippen molar-refractivity contribution in [3.63, 3.8) is 0 Å². The summed E-state index contributed by atoms with van der Waals surface area (Å²) in [5.41, 5.74) is 11.5. The van der Waals surface area contributed by atoms with Gasteiger partial charge in [-0.05, 0) is 42.0 Å². The first-order chi connectivity index (χ1) is 11.7. The zero-order valence-electron chi connectivity index (χ0n) is 13.0. The highest BCUT2D eigenvalue weighted by atomic mass is 16.1. The second-order valence-corrected chi connectivity index (χ2v) is 5.76. The summed E-state index contributed by atoms with van der Waals surface area (Å²) in [5.74, 6) is 0.891. The molecule has 0 saturated heterocycles. The van der Waals surface area contributed by atoms with Crippen LogP contribution in [0.25, 0.3) is 21.9 Å². The standard InChI is InChI=1S/C18H17N5O/c19-12-1-3-16-17(8-12)23-18(22-16)7-11-10-21-15-4-2-13(9-14(11)15)20-5-6-24/h1-4,6,8-10,20-21H,5,7,19H2,(H,22,23). The van der Waals surface area contributed by atoms with E-state index in [1.54, 1.807) is 0 Å². The Hall–Kier alpha value is -3.28. The molecule has 2 heterocycles. The van der Waals surface area contributed by atoms with Crippen molar-refractivity contribution in [1.82, 2.24) is 15.0 Å². The molecule has 0 aliphatic heterocycles. The normalized spacial score (nSPS) is 11.2. The Morgan fingerprint density at radius 3 is 2.92 bits per heavy atom. The van der Waals surface area contributed by atoms with Crippen molar-refractivity contribution < 1.29 is 4.79 Å². The summed E-state index contributed by atoms with van der Waals surface area (Å²) in [4.78, 5) is 21.7. The highest BCUT2D eigenvalue weighted by Crippen LogP contribution is 2.25. The van der Waals surface area contributed by atoms with Crippen LogP contribution in [0, 0.1) is 0 Å². The Morgan fingerprint density at radius 1 is 1.17 bits per heavy atom. The van der Waals surface area contributed by atoms with E-state index in [1.807, 2.05) is 42.6 Å². The van der Waals surface area contributed by atoms with Crippen molar-refractivity contribution in [3.05, 3.63) is 54.0 Å². The quantitative estimate of drug-likeness (QED) is 0.336. The molecule has 0 radical (unpaired) electrons. The van der Waals surface area contributed by atoms with Crippen LogP contribution in [0.1, 0.15) is 11.4 Å². The average Bonchev–Trinajstić information content (AvgIpc) is 3.16. The maximum atomic E-state index is 10.5. The number of nitrogens with zero attached hydrogens (tertiary/aromatic N) is 1. The molecule has 4 aromatic rings. The largest absolute Gasteiger partial charge is 0.399 e. The summed E-state index contributed by atoms with van der Waals surface area (Å²) in [7, 11) is 0. The first-order valence-electron chi connectivity index (χ1n) is 7.74.